The monoisotopic (exact) mass is 359 g/mol. The normalized spacial score (nSPS) is 10.4. The quantitative estimate of drug-likeness (QED) is 0.737. The van der Waals surface area contributed by atoms with Crippen molar-refractivity contribution in [3.05, 3.63) is 65.7 Å². The molecular formula is C19H22FN3O3. The second-order valence-electron chi connectivity index (χ2n) is 5.71. The molecule has 26 heavy (non-hydrogen) atoms. The van der Waals surface area contributed by atoms with Gasteiger partial charge in [0.2, 0.25) is 11.8 Å². The molecule has 0 spiro atoms. The molecule has 1 aromatic heterocycles. The fourth-order valence-electron chi connectivity index (χ4n) is 2.36. The van der Waals surface area contributed by atoms with Crippen molar-refractivity contribution in [2.45, 2.75) is 13.0 Å². The predicted molar refractivity (Wildman–Crippen MR) is 94.6 cm³/mol. The van der Waals surface area contributed by atoms with Gasteiger partial charge in [-0.15, -0.1) is 0 Å². The SMILES string of the molecule is COCCN(Cc1ccccn1)C(=O)CNC(=O)Cc1cccc(F)c1. The summed E-state index contributed by atoms with van der Waals surface area (Å²) in [6.45, 7) is 0.981. The van der Waals surface area contributed by atoms with Crippen molar-refractivity contribution in [3.63, 3.8) is 0 Å². The van der Waals surface area contributed by atoms with Crippen LogP contribution in [0.2, 0.25) is 0 Å². The molecule has 7 heteroatoms. The number of amides is 2. The Kier molecular flexibility index (Phi) is 7.70. The Hall–Kier alpha value is -2.80. The molecule has 0 aliphatic carbocycles. The number of hydrogen-bond donors (Lipinski definition) is 1. The average molecular weight is 359 g/mol. The van der Waals surface area contributed by atoms with Crippen molar-refractivity contribution >= 4 is 11.8 Å². The number of nitrogens with one attached hydrogen (secondary N) is 1. The molecule has 2 rings (SSSR count). The van der Waals surface area contributed by atoms with E-state index in [0.717, 1.165) is 5.69 Å². The number of rotatable bonds is 9. The van der Waals surface area contributed by atoms with Crippen LogP contribution in [-0.2, 0) is 27.3 Å². The van der Waals surface area contributed by atoms with Crippen molar-refractivity contribution in [3.8, 4) is 0 Å². The Morgan fingerprint density at radius 3 is 2.77 bits per heavy atom. The molecule has 0 saturated heterocycles. The first-order valence-corrected chi connectivity index (χ1v) is 8.26. The smallest absolute Gasteiger partial charge is 0.242 e. The standard InChI is InChI=1S/C19H22FN3O3/c1-26-10-9-23(14-17-7-2-3-8-21-17)19(25)13-22-18(24)12-15-5-4-6-16(20)11-15/h2-8,11H,9-10,12-14H2,1H3,(H,22,24). The van der Waals surface area contributed by atoms with Gasteiger partial charge >= 0.3 is 0 Å². The van der Waals surface area contributed by atoms with E-state index >= 15 is 0 Å². The van der Waals surface area contributed by atoms with Gasteiger partial charge in [0.25, 0.3) is 0 Å². The van der Waals surface area contributed by atoms with Crippen LogP contribution in [0.5, 0.6) is 0 Å². The molecule has 0 unspecified atom stereocenters. The highest BCUT2D eigenvalue weighted by atomic mass is 19.1. The largest absolute Gasteiger partial charge is 0.383 e. The summed E-state index contributed by atoms with van der Waals surface area (Å²) in [5.41, 5.74) is 1.31. The fourth-order valence-corrected chi connectivity index (χ4v) is 2.36. The van der Waals surface area contributed by atoms with Crippen molar-refractivity contribution in [2.24, 2.45) is 0 Å². The summed E-state index contributed by atoms with van der Waals surface area (Å²) < 4.78 is 18.2. The van der Waals surface area contributed by atoms with Crippen molar-refractivity contribution in [1.29, 1.82) is 0 Å². The summed E-state index contributed by atoms with van der Waals surface area (Å²) in [4.78, 5) is 30.2. The van der Waals surface area contributed by atoms with Gasteiger partial charge in [0.15, 0.2) is 0 Å². The number of ether oxygens (including phenoxy) is 1. The van der Waals surface area contributed by atoms with Gasteiger partial charge in [-0.1, -0.05) is 18.2 Å². The van der Waals surface area contributed by atoms with Gasteiger partial charge in [0.05, 0.1) is 31.8 Å². The predicted octanol–water partition coefficient (Wildman–Crippen LogP) is 1.55. The highest BCUT2D eigenvalue weighted by Crippen LogP contribution is 2.05. The summed E-state index contributed by atoms with van der Waals surface area (Å²) in [7, 11) is 1.56. The molecule has 0 fully saturated rings. The number of carbonyl (C=O) groups excluding carboxylic acids is 2. The zero-order valence-corrected chi connectivity index (χ0v) is 14.7. The first kappa shape index (κ1) is 19.5. The molecule has 2 aromatic rings. The van der Waals surface area contributed by atoms with Crippen molar-refractivity contribution < 1.29 is 18.7 Å². The summed E-state index contributed by atoms with van der Waals surface area (Å²) in [5.74, 6) is -0.971. The lowest BCUT2D eigenvalue weighted by molar-refractivity contribution is -0.133. The minimum atomic E-state index is -0.396. The lowest BCUT2D eigenvalue weighted by Crippen LogP contribution is -2.41. The molecule has 2 amide bonds. The maximum Gasteiger partial charge on any atom is 0.242 e. The van der Waals surface area contributed by atoms with E-state index in [1.807, 2.05) is 12.1 Å². The van der Waals surface area contributed by atoms with Gasteiger partial charge in [-0.2, -0.15) is 0 Å². The van der Waals surface area contributed by atoms with E-state index in [9.17, 15) is 14.0 Å². The number of benzene rings is 1. The third-order valence-electron chi connectivity index (χ3n) is 3.69. The Bertz CT molecular complexity index is 725. The van der Waals surface area contributed by atoms with Crippen LogP contribution in [0.25, 0.3) is 0 Å². The van der Waals surface area contributed by atoms with E-state index in [-0.39, 0.29) is 24.8 Å². The Labute approximate surface area is 152 Å². The highest BCUT2D eigenvalue weighted by Gasteiger charge is 2.15. The number of carbonyl (C=O) groups is 2. The maximum atomic E-state index is 13.2. The molecule has 0 radical (unpaired) electrons. The molecule has 0 aliphatic rings. The van der Waals surface area contributed by atoms with Crippen molar-refractivity contribution in [1.82, 2.24) is 15.2 Å². The van der Waals surface area contributed by atoms with E-state index in [0.29, 0.717) is 25.3 Å². The number of nitrogens with zero attached hydrogens (tertiary/aromatic N) is 2. The molecule has 1 heterocycles. The molecule has 1 aromatic carbocycles. The summed E-state index contributed by atoms with van der Waals surface area (Å²) in [5, 5.41) is 2.58. The first-order valence-electron chi connectivity index (χ1n) is 8.26. The van der Waals surface area contributed by atoms with E-state index in [1.54, 1.807) is 36.4 Å². The lowest BCUT2D eigenvalue weighted by atomic mass is 10.1. The second kappa shape index (κ2) is 10.2. The van der Waals surface area contributed by atoms with Gasteiger partial charge < -0.3 is 15.0 Å². The summed E-state index contributed by atoms with van der Waals surface area (Å²) in [6.07, 6.45) is 1.68. The Balaban J connectivity index is 1.88. The van der Waals surface area contributed by atoms with Crippen LogP contribution >= 0.6 is 0 Å². The molecule has 0 aliphatic heterocycles. The first-order chi connectivity index (χ1) is 12.6. The van der Waals surface area contributed by atoms with Gasteiger partial charge in [-0.3, -0.25) is 14.6 Å². The number of halogens is 1. The van der Waals surface area contributed by atoms with Crippen molar-refractivity contribution in [2.75, 3.05) is 26.8 Å². The van der Waals surface area contributed by atoms with Gasteiger partial charge in [-0.05, 0) is 29.8 Å². The van der Waals surface area contributed by atoms with Gasteiger partial charge in [-0.25, -0.2) is 4.39 Å². The van der Waals surface area contributed by atoms with Crippen LogP contribution in [0.15, 0.2) is 48.7 Å². The number of pyridine rings is 1. The minimum absolute atomic E-state index is 0.0172. The van der Waals surface area contributed by atoms with Crippen LogP contribution < -0.4 is 5.32 Å². The molecular weight excluding hydrogens is 337 g/mol. The average Bonchev–Trinajstić information content (AvgIpc) is 2.64. The number of aromatic nitrogens is 1. The number of hydrogen-bond acceptors (Lipinski definition) is 4. The van der Waals surface area contributed by atoms with Gasteiger partial charge in [0, 0.05) is 19.9 Å². The summed E-state index contributed by atoms with van der Waals surface area (Å²) in [6, 6.07) is 11.3. The molecule has 0 bridgehead atoms. The fraction of sp³-hybridized carbons (Fsp3) is 0.316. The van der Waals surface area contributed by atoms with Crippen LogP contribution in [-0.4, -0.2) is 48.5 Å². The minimum Gasteiger partial charge on any atom is -0.383 e. The summed E-state index contributed by atoms with van der Waals surface area (Å²) >= 11 is 0. The van der Waals surface area contributed by atoms with E-state index in [4.69, 9.17) is 4.74 Å². The van der Waals surface area contributed by atoms with Crippen LogP contribution in [0.1, 0.15) is 11.3 Å². The second-order valence-corrected chi connectivity index (χ2v) is 5.71. The Morgan fingerprint density at radius 2 is 2.08 bits per heavy atom. The Morgan fingerprint density at radius 1 is 1.23 bits per heavy atom. The molecule has 1 N–H and O–H groups in total. The zero-order valence-electron chi connectivity index (χ0n) is 14.7. The molecule has 138 valence electrons. The topological polar surface area (TPSA) is 71.5 Å². The van der Waals surface area contributed by atoms with Crippen LogP contribution in [0.4, 0.5) is 4.39 Å². The maximum absolute atomic E-state index is 13.2. The van der Waals surface area contributed by atoms with Crippen LogP contribution in [0.3, 0.4) is 0 Å². The molecule has 0 saturated carbocycles. The molecule has 0 atom stereocenters. The van der Waals surface area contributed by atoms with E-state index in [2.05, 4.69) is 10.3 Å². The van der Waals surface area contributed by atoms with Gasteiger partial charge in [0.1, 0.15) is 5.82 Å². The zero-order chi connectivity index (χ0) is 18.8. The lowest BCUT2D eigenvalue weighted by Gasteiger charge is -2.22. The third-order valence-corrected chi connectivity index (χ3v) is 3.69. The highest BCUT2D eigenvalue weighted by molar-refractivity contribution is 5.85. The third kappa shape index (κ3) is 6.60. The van der Waals surface area contributed by atoms with E-state index in [1.165, 1.54) is 12.1 Å². The van der Waals surface area contributed by atoms with E-state index < -0.39 is 5.82 Å². The van der Waals surface area contributed by atoms with Crippen LogP contribution in [0, 0.1) is 5.82 Å². The number of methoxy groups -OCH3 is 1. The molecule has 6 nitrogen and oxygen atoms in total.